The van der Waals surface area contributed by atoms with Gasteiger partial charge in [-0.05, 0) is 67.4 Å². The van der Waals surface area contributed by atoms with Gasteiger partial charge in [0.1, 0.15) is 0 Å². The van der Waals surface area contributed by atoms with Crippen molar-refractivity contribution in [1.29, 1.82) is 0 Å². The predicted octanol–water partition coefficient (Wildman–Crippen LogP) is 4.85. The highest BCUT2D eigenvalue weighted by Crippen LogP contribution is 2.38. The Bertz CT molecular complexity index is 1290. The van der Waals surface area contributed by atoms with E-state index in [1.807, 2.05) is 47.4 Å². The summed E-state index contributed by atoms with van der Waals surface area (Å²) in [5.74, 6) is 0.0330. The van der Waals surface area contributed by atoms with Crippen molar-refractivity contribution < 1.29 is 9.59 Å². The van der Waals surface area contributed by atoms with Crippen molar-refractivity contribution >= 4 is 34.4 Å². The Morgan fingerprint density at radius 3 is 2.59 bits per heavy atom. The average molecular weight is 452 g/mol. The monoisotopic (exact) mass is 451 g/mol. The van der Waals surface area contributed by atoms with E-state index in [0.717, 1.165) is 71.8 Å². The molecule has 1 N–H and O–H groups in total. The van der Waals surface area contributed by atoms with Crippen molar-refractivity contribution in [1.82, 2.24) is 15.2 Å². The topological polar surface area (TPSA) is 62.3 Å². The zero-order valence-corrected chi connectivity index (χ0v) is 19.3. The third-order valence-corrected chi connectivity index (χ3v) is 7.30. The number of nitrogens with one attached hydrogen (secondary N) is 1. The maximum atomic E-state index is 14.0. The van der Waals surface area contributed by atoms with E-state index >= 15 is 0 Å². The van der Waals surface area contributed by atoms with E-state index in [9.17, 15) is 9.59 Å². The predicted molar refractivity (Wildman–Crippen MR) is 134 cm³/mol. The van der Waals surface area contributed by atoms with Crippen LogP contribution in [0.4, 0.5) is 0 Å². The second-order valence-corrected chi connectivity index (χ2v) is 9.78. The molecule has 1 saturated heterocycles. The zero-order chi connectivity index (χ0) is 23.1. The number of carbonyl (C=O) groups excluding carboxylic acids is 2. The molecule has 1 saturated carbocycles. The molecular formula is C29H29N3O2. The summed E-state index contributed by atoms with van der Waals surface area (Å²) in [5.41, 5.74) is 5.96. The number of hydrogen-bond acceptors (Lipinski definition) is 3. The minimum absolute atomic E-state index is 0.0414. The number of hydrogen-bond donors (Lipinski definition) is 1. The van der Waals surface area contributed by atoms with Crippen molar-refractivity contribution in [3.63, 3.8) is 0 Å². The molecule has 34 heavy (non-hydrogen) atoms. The molecule has 2 aliphatic carbocycles. The zero-order valence-electron chi connectivity index (χ0n) is 19.3. The van der Waals surface area contributed by atoms with Crippen LogP contribution in [0.25, 0.3) is 22.6 Å². The van der Waals surface area contributed by atoms with Gasteiger partial charge in [0.2, 0.25) is 5.91 Å². The normalized spacial score (nSPS) is 21.0. The van der Waals surface area contributed by atoms with Crippen LogP contribution in [0.5, 0.6) is 0 Å². The summed E-state index contributed by atoms with van der Waals surface area (Å²) in [7, 11) is 0. The van der Waals surface area contributed by atoms with Gasteiger partial charge in [0.15, 0.2) is 0 Å². The number of likely N-dealkylation sites (tertiary alicyclic amines) is 1. The molecule has 2 fully saturated rings. The molecule has 2 heterocycles. The maximum Gasteiger partial charge on any atom is 0.254 e. The van der Waals surface area contributed by atoms with Crippen molar-refractivity contribution in [3.05, 3.63) is 77.0 Å². The molecule has 0 spiro atoms. The summed E-state index contributed by atoms with van der Waals surface area (Å²) >= 11 is 0. The van der Waals surface area contributed by atoms with Gasteiger partial charge in [-0.3, -0.25) is 9.59 Å². The lowest BCUT2D eigenvalue weighted by molar-refractivity contribution is -0.126. The van der Waals surface area contributed by atoms with Gasteiger partial charge in [-0.15, -0.1) is 0 Å². The third kappa shape index (κ3) is 4.00. The first-order chi connectivity index (χ1) is 16.7. The second-order valence-electron chi connectivity index (χ2n) is 9.78. The van der Waals surface area contributed by atoms with Crippen LogP contribution >= 0.6 is 0 Å². The summed E-state index contributed by atoms with van der Waals surface area (Å²) in [6.07, 6.45) is 7.75. The van der Waals surface area contributed by atoms with Gasteiger partial charge in [0, 0.05) is 24.5 Å². The van der Waals surface area contributed by atoms with Crippen LogP contribution in [-0.2, 0) is 11.2 Å². The molecule has 1 aromatic heterocycles. The Kier molecular flexibility index (Phi) is 5.40. The van der Waals surface area contributed by atoms with Crippen LogP contribution in [-0.4, -0.2) is 40.8 Å². The number of piperidine rings is 1. The third-order valence-electron chi connectivity index (χ3n) is 7.30. The summed E-state index contributed by atoms with van der Waals surface area (Å²) in [6, 6.07) is 18.6. The number of fused-ring (bicyclic) bond motifs is 2. The lowest BCUT2D eigenvalue weighted by Gasteiger charge is -2.33. The molecule has 1 unspecified atom stereocenters. The Hall–Kier alpha value is -3.47. The van der Waals surface area contributed by atoms with E-state index in [1.165, 1.54) is 5.57 Å². The molecule has 172 valence electrons. The number of amides is 2. The Morgan fingerprint density at radius 1 is 0.971 bits per heavy atom. The Balaban J connectivity index is 1.37. The lowest BCUT2D eigenvalue weighted by Crippen LogP contribution is -2.46. The number of para-hydroxylation sites is 1. The number of allylic oxidation sites excluding steroid dienone is 1. The molecule has 5 nitrogen and oxygen atoms in total. The smallest absolute Gasteiger partial charge is 0.254 e. The number of aromatic nitrogens is 1. The number of nitrogens with zero attached hydrogens (tertiary/aromatic N) is 2. The highest BCUT2D eigenvalue weighted by atomic mass is 16.2. The van der Waals surface area contributed by atoms with E-state index in [-0.39, 0.29) is 17.7 Å². The maximum absolute atomic E-state index is 14.0. The lowest BCUT2D eigenvalue weighted by atomic mass is 9.94. The molecule has 1 aliphatic heterocycles. The summed E-state index contributed by atoms with van der Waals surface area (Å²) in [4.78, 5) is 33.6. The van der Waals surface area contributed by atoms with Gasteiger partial charge >= 0.3 is 0 Å². The molecule has 3 aromatic rings. The molecule has 0 radical (unpaired) electrons. The molecule has 1 atom stereocenters. The van der Waals surface area contributed by atoms with Gasteiger partial charge in [-0.2, -0.15) is 0 Å². The number of benzene rings is 2. The van der Waals surface area contributed by atoms with E-state index in [4.69, 9.17) is 4.98 Å². The van der Waals surface area contributed by atoms with Crippen LogP contribution in [0.3, 0.4) is 0 Å². The molecule has 6 rings (SSSR count). The summed E-state index contributed by atoms with van der Waals surface area (Å²) in [5, 5.41) is 4.04. The van der Waals surface area contributed by atoms with Crippen molar-refractivity contribution in [2.45, 2.75) is 44.6 Å². The molecule has 3 aliphatic rings. The van der Waals surface area contributed by atoms with E-state index in [0.29, 0.717) is 19.1 Å². The molecule has 2 amide bonds. The SMILES string of the molecule is O=C(NC1CC1)C1CCCN(C(=O)c2c3c(nc4ccccc24)/C(=C\c2ccccc2)CC3)C1. The molecule has 2 aromatic carbocycles. The fourth-order valence-corrected chi connectivity index (χ4v) is 5.35. The minimum atomic E-state index is -0.118. The summed E-state index contributed by atoms with van der Waals surface area (Å²) in [6.45, 7) is 1.19. The minimum Gasteiger partial charge on any atom is -0.353 e. The standard InChI is InChI=1S/C29H29N3O2/c33-28(30-22-13-14-22)21-9-6-16-32(18-21)29(34)26-23-10-4-5-11-25(23)31-27-20(12-15-24(26)27)17-19-7-2-1-3-8-19/h1-5,7-8,10-11,17,21-22H,6,9,12-16,18H2,(H,30,33)/b20-17-. The first-order valence-corrected chi connectivity index (χ1v) is 12.4. The van der Waals surface area contributed by atoms with E-state index < -0.39 is 0 Å². The number of pyridine rings is 1. The summed E-state index contributed by atoms with van der Waals surface area (Å²) < 4.78 is 0. The van der Waals surface area contributed by atoms with Crippen molar-refractivity contribution in [2.24, 2.45) is 5.92 Å². The first-order valence-electron chi connectivity index (χ1n) is 12.4. The van der Waals surface area contributed by atoms with E-state index in [1.54, 1.807) is 0 Å². The van der Waals surface area contributed by atoms with Crippen molar-refractivity contribution in [3.8, 4) is 0 Å². The van der Waals surface area contributed by atoms with Gasteiger partial charge in [0.05, 0.1) is 22.7 Å². The van der Waals surface area contributed by atoms with Crippen LogP contribution < -0.4 is 5.32 Å². The second kappa shape index (κ2) is 8.71. The molecule has 5 heteroatoms. The fourth-order valence-electron chi connectivity index (χ4n) is 5.35. The van der Waals surface area contributed by atoms with Gasteiger partial charge < -0.3 is 10.2 Å². The fraction of sp³-hybridized carbons (Fsp3) is 0.345. The molecule has 0 bridgehead atoms. The highest BCUT2D eigenvalue weighted by molar-refractivity contribution is 6.09. The highest BCUT2D eigenvalue weighted by Gasteiger charge is 2.34. The Morgan fingerprint density at radius 2 is 1.76 bits per heavy atom. The average Bonchev–Trinajstić information content (AvgIpc) is 3.61. The van der Waals surface area contributed by atoms with Crippen LogP contribution in [0.15, 0.2) is 54.6 Å². The quantitative estimate of drug-likeness (QED) is 0.617. The Labute approximate surface area is 199 Å². The number of rotatable bonds is 4. The van der Waals surface area contributed by atoms with Crippen LogP contribution in [0, 0.1) is 5.92 Å². The van der Waals surface area contributed by atoms with Crippen LogP contribution in [0.2, 0.25) is 0 Å². The van der Waals surface area contributed by atoms with Crippen LogP contribution in [0.1, 0.15) is 59.3 Å². The van der Waals surface area contributed by atoms with E-state index in [2.05, 4.69) is 23.5 Å². The number of carbonyl (C=O) groups is 2. The van der Waals surface area contributed by atoms with Gasteiger partial charge in [0.25, 0.3) is 5.91 Å². The van der Waals surface area contributed by atoms with Crippen molar-refractivity contribution in [2.75, 3.05) is 13.1 Å². The van der Waals surface area contributed by atoms with Gasteiger partial charge in [-0.25, -0.2) is 4.98 Å². The van der Waals surface area contributed by atoms with Gasteiger partial charge in [-0.1, -0.05) is 48.5 Å². The molecular weight excluding hydrogens is 422 g/mol. The largest absolute Gasteiger partial charge is 0.353 e. The first kappa shape index (κ1) is 21.1.